The van der Waals surface area contributed by atoms with Crippen LogP contribution in [-0.4, -0.2) is 30.2 Å². The molecule has 0 saturated heterocycles. The lowest BCUT2D eigenvalue weighted by molar-refractivity contribution is -0.385. The van der Waals surface area contributed by atoms with E-state index in [9.17, 15) is 14.9 Å². The van der Waals surface area contributed by atoms with Gasteiger partial charge in [-0.15, -0.1) is 6.58 Å². The number of ether oxygens (including phenoxy) is 2. The maximum absolute atomic E-state index is 13.6. The van der Waals surface area contributed by atoms with Crippen molar-refractivity contribution < 1.29 is 19.2 Å². The van der Waals surface area contributed by atoms with Crippen molar-refractivity contribution in [1.82, 2.24) is 5.32 Å². The largest absolute Gasteiger partial charge is 0.454 e. The van der Waals surface area contributed by atoms with Crippen molar-refractivity contribution in [2.45, 2.75) is 37.8 Å². The minimum Gasteiger partial charge on any atom is -0.454 e. The van der Waals surface area contributed by atoms with Gasteiger partial charge in [0, 0.05) is 18.3 Å². The highest BCUT2D eigenvalue weighted by Gasteiger charge is 2.37. The predicted octanol–water partition coefficient (Wildman–Crippen LogP) is 4.12. The molecule has 0 bridgehead atoms. The second-order valence-electron chi connectivity index (χ2n) is 7.69. The SMILES string of the molecule is C=CCN(c1ccccc1)[C@@H](C(=O)NC1CCCC1)c1cc2c(cc1[N+](=O)[O-])OCO2. The van der Waals surface area contributed by atoms with E-state index in [0.29, 0.717) is 18.0 Å². The molecule has 1 amide bonds. The number of amides is 1. The first-order valence-corrected chi connectivity index (χ1v) is 10.4. The Balaban J connectivity index is 1.82. The molecule has 1 N–H and O–H groups in total. The Kier molecular flexibility index (Phi) is 6.06. The van der Waals surface area contributed by atoms with Gasteiger partial charge in [0.15, 0.2) is 11.5 Å². The number of rotatable bonds is 8. The summed E-state index contributed by atoms with van der Waals surface area (Å²) in [4.78, 5) is 26.9. The zero-order valence-electron chi connectivity index (χ0n) is 17.2. The number of benzene rings is 2. The number of fused-ring (bicyclic) bond motifs is 1. The van der Waals surface area contributed by atoms with Gasteiger partial charge in [0.25, 0.3) is 5.69 Å². The van der Waals surface area contributed by atoms with Crippen LogP contribution in [0.1, 0.15) is 37.3 Å². The van der Waals surface area contributed by atoms with Crippen molar-refractivity contribution in [2.75, 3.05) is 18.2 Å². The smallest absolute Gasteiger partial charge is 0.279 e. The van der Waals surface area contributed by atoms with E-state index in [0.717, 1.165) is 31.4 Å². The minimum atomic E-state index is -0.934. The van der Waals surface area contributed by atoms with Crippen LogP contribution in [0.4, 0.5) is 11.4 Å². The maximum Gasteiger partial charge on any atom is 0.279 e. The minimum absolute atomic E-state index is 0.00998. The van der Waals surface area contributed by atoms with Crippen LogP contribution in [0.15, 0.2) is 55.1 Å². The number of nitrogens with one attached hydrogen (secondary N) is 1. The first-order valence-electron chi connectivity index (χ1n) is 10.4. The van der Waals surface area contributed by atoms with Crippen molar-refractivity contribution >= 4 is 17.3 Å². The van der Waals surface area contributed by atoms with Crippen molar-refractivity contribution in [3.63, 3.8) is 0 Å². The van der Waals surface area contributed by atoms with Crippen LogP contribution in [0.5, 0.6) is 11.5 Å². The summed E-state index contributed by atoms with van der Waals surface area (Å²) in [5.41, 5.74) is 0.845. The number of carbonyl (C=O) groups excluding carboxylic acids is 1. The average molecular weight is 423 g/mol. The standard InChI is InChI=1S/C23H25N3O5/c1-2-12-25(17-10-4-3-5-11-17)22(23(27)24-16-8-6-7-9-16)18-13-20-21(31-15-30-20)14-19(18)26(28)29/h2-5,10-11,13-14,16,22H,1,6-9,12,15H2,(H,24,27)/t22-/m1/s1. The average Bonchev–Trinajstić information content (AvgIpc) is 3.44. The predicted molar refractivity (Wildman–Crippen MR) is 116 cm³/mol. The molecule has 31 heavy (non-hydrogen) atoms. The Labute approximate surface area is 180 Å². The number of nitro groups is 1. The molecule has 0 aromatic heterocycles. The van der Waals surface area contributed by atoms with Crippen LogP contribution in [0, 0.1) is 10.1 Å². The molecule has 1 atom stereocenters. The molecule has 2 aromatic carbocycles. The van der Waals surface area contributed by atoms with Gasteiger partial charge in [-0.3, -0.25) is 14.9 Å². The molecule has 2 aromatic rings. The molecule has 8 heteroatoms. The van der Waals surface area contributed by atoms with Gasteiger partial charge in [0.05, 0.1) is 16.6 Å². The van der Waals surface area contributed by atoms with E-state index in [1.165, 1.54) is 6.07 Å². The van der Waals surface area contributed by atoms with E-state index >= 15 is 0 Å². The molecule has 0 spiro atoms. The quantitative estimate of drug-likeness (QED) is 0.390. The molecular formula is C23H25N3O5. The first-order chi connectivity index (χ1) is 15.1. The zero-order chi connectivity index (χ0) is 21.8. The molecule has 162 valence electrons. The fourth-order valence-corrected chi connectivity index (χ4v) is 4.24. The lowest BCUT2D eigenvalue weighted by Crippen LogP contribution is -2.44. The molecule has 1 fully saturated rings. The summed E-state index contributed by atoms with van der Waals surface area (Å²) in [5.74, 6) is 0.422. The van der Waals surface area contributed by atoms with E-state index in [4.69, 9.17) is 9.47 Å². The second-order valence-corrected chi connectivity index (χ2v) is 7.69. The van der Waals surface area contributed by atoms with Gasteiger partial charge in [-0.05, 0) is 31.0 Å². The van der Waals surface area contributed by atoms with Crippen LogP contribution < -0.4 is 19.7 Å². The molecule has 8 nitrogen and oxygen atoms in total. The molecule has 2 aliphatic rings. The Morgan fingerprint density at radius 2 is 1.90 bits per heavy atom. The summed E-state index contributed by atoms with van der Waals surface area (Å²) in [7, 11) is 0. The highest BCUT2D eigenvalue weighted by molar-refractivity contribution is 5.88. The van der Waals surface area contributed by atoms with E-state index < -0.39 is 11.0 Å². The van der Waals surface area contributed by atoms with Gasteiger partial charge < -0.3 is 19.7 Å². The second kappa shape index (κ2) is 9.07. The van der Waals surface area contributed by atoms with Crippen LogP contribution >= 0.6 is 0 Å². The summed E-state index contributed by atoms with van der Waals surface area (Å²) < 4.78 is 10.8. The normalized spacial score (nSPS) is 16.0. The lowest BCUT2D eigenvalue weighted by Gasteiger charge is -2.33. The molecular weight excluding hydrogens is 398 g/mol. The monoisotopic (exact) mass is 423 g/mol. The maximum atomic E-state index is 13.6. The van der Waals surface area contributed by atoms with Crippen molar-refractivity contribution in [3.05, 3.63) is 70.8 Å². The molecule has 1 saturated carbocycles. The third-order valence-corrected chi connectivity index (χ3v) is 5.69. The number of carbonyl (C=O) groups is 1. The van der Waals surface area contributed by atoms with E-state index in [1.54, 1.807) is 12.1 Å². The van der Waals surface area contributed by atoms with Crippen LogP contribution in [-0.2, 0) is 4.79 Å². The number of anilines is 1. The van der Waals surface area contributed by atoms with E-state index in [2.05, 4.69) is 11.9 Å². The van der Waals surface area contributed by atoms with Crippen molar-refractivity contribution in [1.29, 1.82) is 0 Å². The lowest BCUT2D eigenvalue weighted by atomic mass is 9.99. The third-order valence-electron chi connectivity index (χ3n) is 5.69. The van der Waals surface area contributed by atoms with Gasteiger partial charge in [-0.1, -0.05) is 37.1 Å². The molecule has 1 aliphatic carbocycles. The van der Waals surface area contributed by atoms with Crippen molar-refractivity contribution in [2.24, 2.45) is 0 Å². The Morgan fingerprint density at radius 3 is 2.55 bits per heavy atom. The summed E-state index contributed by atoms with van der Waals surface area (Å²) in [6.45, 7) is 4.15. The zero-order valence-corrected chi connectivity index (χ0v) is 17.2. The van der Waals surface area contributed by atoms with E-state index in [-0.39, 0.29) is 30.0 Å². The van der Waals surface area contributed by atoms with Gasteiger partial charge in [0.2, 0.25) is 12.7 Å². The molecule has 0 radical (unpaired) electrons. The van der Waals surface area contributed by atoms with Crippen LogP contribution in [0.2, 0.25) is 0 Å². The summed E-state index contributed by atoms with van der Waals surface area (Å²) in [6, 6.07) is 11.4. The Bertz CT molecular complexity index is 973. The number of hydrogen-bond acceptors (Lipinski definition) is 6. The fourth-order valence-electron chi connectivity index (χ4n) is 4.24. The fraction of sp³-hybridized carbons (Fsp3) is 0.348. The molecule has 1 heterocycles. The summed E-state index contributed by atoms with van der Waals surface area (Å²) >= 11 is 0. The number of para-hydroxylation sites is 1. The molecule has 0 unspecified atom stereocenters. The number of nitrogens with zero attached hydrogens (tertiary/aromatic N) is 2. The summed E-state index contributed by atoms with van der Waals surface area (Å²) in [6.07, 6.45) is 5.63. The van der Waals surface area contributed by atoms with Gasteiger partial charge in [-0.25, -0.2) is 0 Å². The van der Waals surface area contributed by atoms with Gasteiger partial charge in [0.1, 0.15) is 6.04 Å². The van der Waals surface area contributed by atoms with Crippen LogP contribution in [0.3, 0.4) is 0 Å². The highest BCUT2D eigenvalue weighted by atomic mass is 16.7. The van der Waals surface area contributed by atoms with Gasteiger partial charge in [-0.2, -0.15) is 0 Å². The Morgan fingerprint density at radius 1 is 1.23 bits per heavy atom. The number of hydrogen-bond donors (Lipinski definition) is 1. The Hall–Kier alpha value is -3.55. The third kappa shape index (κ3) is 4.33. The summed E-state index contributed by atoms with van der Waals surface area (Å²) in [5, 5.41) is 15.1. The molecule has 4 rings (SSSR count). The molecule has 1 aliphatic heterocycles. The highest BCUT2D eigenvalue weighted by Crippen LogP contribution is 2.42. The van der Waals surface area contributed by atoms with Crippen molar-refractivity contribution in [3.8, 4) is 11.5 Å². The first kappa shape index (κ1) is 20.7. The van der Waals surface area contributed by atoms with Crippen LogP contribution in [0.25, 0.3) is 0 Å². The topological polar surface area (TPSA) is 93.9 Å². The number of nitro benzene ring substituents is 1. The van der Waals surface area contributed by atoms with E-state index in [1.807, 2.05) is 35.2 Å². The van der Waals surface area contributed by atoms with Gasteiger partial charge >= 0.3 is 0 Å².